The number of halogens is 1. The SMILES string of the molecule is Cc1cc(NC(=S)NC(=O)c2cccs2)c(C)cc1I. The van der Waals surface area contributed by atoms with E-state index < -0.39 is 0 Å². The molecule has 0 bridgehead atoms. The molecular formula is C14H13IN2OS2. The van der Waals surface area contributed by atoms with Gasteiger partial charge < -0.3 is 5.32 Å². The number of hydrogen-bond acceptors (Lipinski definition) is 3. The maximum Gasteiger partial charge on any atom is 0.267 e. The molecule has 1 amide bonds. The van der Waals surface area contributed by atoms with Gasteiger partial charge in [0.15, 0.2) is 5.11 Å². The van der Waals surface area contributed by atoms with Gasteiger partial charge in [0, 0.05) is 9.26 Å². The van der Waals surface area contributed by atoms with Crippen LogP contribution >= 0.6 is 46.1 Å². The lowest BCUT2D eigenvalue weighted by Crippen LogP contribution is -2.33. The Bertz CT molecular complexity index is 653. The molecule has 20 heavy (non-hydrogen) atoms. The smallest absolute Gasteiger partial charge is 0.267 e. The molecule has 104 valence electrons. The molecule has 0 spiro atoms. The van der Waals surface area contributed by atoms with E-state index in [0.717, 1.165) is 11.3 Å². The third kappa shape index (κ3) is 3.77. The van der Waals surface area contributed by atoms with Gasteiger partial charge in [-0.15, -0.1) is 11.3 Å². The van der Waals surface area contributed by atoms with E-state index in [9.17, 15) is 4.79 Å². The van der Waals surface area contributed by atoms with Crippen LogP contribution in [0.4, 0.5) is 5.69 Å². The first-order valence-electron chi connectivity index (χ1n) is 5.90. The zero-order chi connectivity index (χ0) is 14.7. The van der Waals surface area contributed by atoms with Gasteiger partial charge in [-0.25, -0.2) is 0 Å². The second kappa shape index (κ2) is 6.64. The molecule has 0 saturated heterocycles. The van der Waals surface area contributed by atoms with E-state index in [-0.39, 0.29) is 5.91 Å². The number of thiocarbonyl (C=S) groups is 1. The summed E-state index contributed by atoms with van der Waals surface area (Å²) in [5, 5.41) is 7.93. The predicted octanol–water partition coefficient (Wildman–Crippen LogP) is 4.10. The summed E-state index contributed by atoms with van der Waals surface area (Å²) in [5.41, 5.74) is 3.18. The summed E-state index contributed by atoms with van der Waals surface area (Å²) in [6, 6.07) is 7.72. The molecule has 0 fully saturated rings. The molecule has 1 heterocycles. The fourth-order valence-electron chi connectivity index (χ4n) is 1.64. The molecular weight excluding hydrogens is 403 g/mol. The Morgan fingerprint density at radius 2 is 2.05 bits per heavy atom. The standard InChI is InChI=1S/C14H13IN2OS2/c1-8-7-11(9(2)6-10(8)15)16-14(19)17-13(18)12-4-3-5-20-12/h3-7H,1-2H3,(H2,16,17,18,19). The van der Waals surface area contributed by atoms with E-state index in [4.69, 9.17) is 12.2 Å². The monoisotopic (exact) mass is 416 g/mol. The van der Waals surface area contributed by atoms with Crippen LogP contribution in [-0.4, -0.2) is 11.0 Å². The third-order valence-electron chi connectivity index (χ3n) is 2.73. The van der Waals surface area contributed by atoms with Crippen LogP contribution < -0.4 is 10.6 Å². The number of rotatable bonds is 2. The maximum absolute atomic E-state index is 11.9. The first-order chi connectivity index (χ1) is 9.47. The number of carbonyl (C=O) groups excluding carboxylic acids is 1. The van der Waals surface area contributed by atoms with Crippen molar-refractivity contribution in [1.29, 1.82) is 0 Å². The molecule has 2 N–H and O–H groups in total. The summed E-state index contributed by atoms with van der Waals surface area (Å²) in [6.45, 7) is 4.05. The number of nitrogens with one attached hydrogen (secondary N) is 2. The first-order valence-corrected chi connectivity index (χ1v) is 8.26. The molecule has 2 rings (SSSR count). The summed E-state index contributed by atoms with van der Waals surface area (Å²) >= 11 is 8.87. The summed E-state index contributed by atoms with van der Waals surface area (Å²) in [5.74, 6) is -0.183. The minimum absolute atomic E-state index is 0.183. The average molecular weight is 416 g/mol. The van der Waals surface area contributed by atoms with Crippen molar-refractivity contribution in [3.8, 4) is 0 Å². The highest BCUT2D eigenvalue weighted by molar-refractivity contribution is 14.1. The normalized spacial score (nSPS) is 10.2. The first kappa shape index (κ1) is 15.4. The Balaban J connectivity index is 2.05. The van der Waals surface area contributed by atoms with Gasteiger partial charge in [-0.3, -0.25) is 10.1 Å². The largest absolute Gasteiger partial charge is 0.332 e. The Morgan fingerprint density at radius 3 is 2.70 bits per heavy atom. The molecule has 6 heteroatoms. The van der Waals surface area contributed by atoms with Crippen molar-refractivity contribution in [3.05, 3.63) is 49.2 Å². The topological polar surface area (TPSA) is 41.1 Å². The number of aryl methyl sites for hydroxylation is 2. The van der Waals surface area contributed by atoms with E-state index in [1.807, 2.05) is 31.4 Å². The average Bonchev–Trinajstić information content (AvgIpc) is 2.89. The molecule has 0 aliphatic carbocycles. The van der Waals surface area contributed by atoms with Crippen molar-refractivity contribution in [3.63, 3.8) is 0 Å². The highest BCUT2D eigenvalue weighted by Crippen LogP contribution is 2.21. The predicted molar refractivity (Wildman–Crippen MR) is 96.6 cm³/mol. The molecule has 0 unspecified atom stereocenters. The van der Waals surface area contributed by atoms with Crippen LogP contribution in [0.15, 0.2) is 29.6 Å². The molecule has 2 aromatic rings. The minimum atomic E-state index is -0.183. The lowest BCUT2D eigenvalue weighted by Gasteiger charge is -2.13. The van der Waals surface area contributed by atoms with Gasteiger partial charge in [0.05, 0.1) is 4.88 Å². The van der Waals surface area contributed by atoms with Crippen molar-refractivity contribution in [2.45, 2.75) is 13.8 Å². The van der Waals surface area contributed by atoms with E-state index in [1.54, 1.807) is 6.07 Å². The van der Waals surface area contributed by atoms with Crippen LogP contribution in [0.25, 0.3) is 0 Å². The third-order valence-corrected chi connectivity index (χ3v) is 4.96. The van der Waals surface area contributed by atoms with Crippen LogP contribution in [0.3, 0.4) is 0 Å². The van der Waals surface area contributed by atoms with E-state index in [2.05, 4.69) is 39.3 Å². The Morgan fingerprint density at radius 1 is 1.30 bits per heavy atom. The number of anilines is 1. The highest BCUT2D eigenvalue weighted by atomic mass is 127. The number of benzene rings is 1. The van der Waals surface area contributed by atoms with Crippen molar-refractivity contribution in [2.75, 3.05) is 5.32 Å². The Labute approximate surface area is 140 Å². The van der Waals surface area contributed by atoms with Crippen molar-refractivity contribution in [2.24, 2.45) is 0 Å². The van der Waals surface area contributed by atoms with Crippen molar-refractivity contribution in [1.82, 2.24) is 5.32 Å². The van der Waals surface area contributed by atoms with Gasteiger partial charge in [0.2, 0.25) is 0 Å². The second-order valence-corrected chi connectivity index (χ2v) is 6.82. The van der Waals surface area contributed by atoms with Crippen LogP contribution in [0.2, 0.25) is 0 Å². The molecule has 3 nitrogen and oxygen atoms in total. The van der Waals surface area contributed by atoms with Gasteiger partial charge in [-0.2, -0.15) is 0 Å². The van der Waals surface area contributed by atoms with Gasteiger partial charge in [-0.1, -0.05) is 6.07 Å². The van der Waals surface area contributed by atoms with Gasteiger partial charge in [0.25, 0.3) is 5.91 Å². The molecule has 0 aliphatic rings. The summed E-state index contributed by atoms with van der Waals surface area (Å²) in [4.78, 5) is 12.5. The molecule has 0 radical (unpaired) electrons. The highest BCUT2D eigenvalue weighted by Gasteiger charge is 2.10. The van der Waals surface area contributed by atoms with Gasteiger partial charge >= 0.3 is 0 Å². The zero-order valence-corrected chi connectivity index (χ0v) is 14.8. The van der Waals surface area contributed by atoms with Gasteiger partial charge in [-0.05, 0) is 83.4 Å². The van der Waals surface area contributed by atoms with Crippen LogP contribution in [0.1, 0.15) is 20.8 Å². The van der Waals surface area contributed by atoms with E-state index in [0.29, 0.717) is 9.99 Å². The van der Waals surface area contributed by atoms with E-state index in [1.165, 1.54) is 20.5 Å². The Hall–Kier alpha value is -0.990. The van der Waals surface area contributed by atoms with Crippen molar-refractivity contribution >= 4 is 62.9 Å². The maximum atomic E-state index is 11.9. The second-order valence-electron chi connectivity index (χ2n) is 4.30. The number of carbonyl (C=O) groups is 1. The molecule has 0 saturated carbocycles. The van der Waals surface area contributed by atoms with E-state index >= 15 is 0 Å². The zero-order valence-electron chi connectivity index (χ0n) is 11.0. The van der Waals surface area contributed by atoms with Crippen LogP contribution in [0.5, 0.6) is 0 Å². The summed E-state index contributed by atoms with van der Waals surface area (Å²) in [6.07, 6.45) is 0. The molecule has 0 atom stereocenters. The number of hydrogen-bond donors (Lipinski definition) is 2. The fourth-order valence-corrected chi connectivity index (χ4v) is 3.09. The minimum Gasteiger partial charge on any atom is -0.332 e. The molecule has 1 aromatic carbocycles. The number of thiophene rings is 1. The lowest BCUT2D eigenvalue weighted by molar-refractivity contribution is 0.0981. The quantitative estimate of drug-likeness (QED) is 0.572. The fraction of sp³-hybridized carbons (Fsp3) is 0.143. The summed E-state index contributed by atoms with van der Waals surface area (Å²) in [7, 11) is 0. The number of amides is 1. The Kier molecular flexibility index (Phi) is 5.11. The summed E-state index contributed by atoms with van der Waals surface area (Å²) < 4.78 is 1.21. The van der Waals surface area contributed by atoms with Gasteiger partial charge in [0.1, 0.15) is 0 Å². The van der Waals surface area contributed by atoms with Crippen LogP contribution in [0, 0.1) is 17.4 Å². The molecule has 1 aromatic heterocycles. The molecule has 0 aliphatic heterocycles. The van der Waals surface area contributed by atoms with Crippen molar-refractivity contribution < 1.29 is 4.79 Å². The van der Waals surface area contributed by atoms with Crippen LogP contribution in [-0.2, 0) is 0 Å². The lowest BCUT2D eigenvalue weighted by atomic mass is 10.1.